The van der Waals surface area contributed by atoms with Crippen molar-refractivity contribution in [3.63, 3.8) is 0 Å². The standard InChI is InChI=1S/C11H18BrN3/c1-5-6-9(13-3)7-10-11(12)8(2)14-15(10)4/h5,9,13H,1,6-7H2,2-4H3. The zero-order valence-electron chi connectivity index (χ0n) is 9.55. The molecule has 0 amide bonds. The molecule has 1 rings (SSSR count). The van der Waals surface area contributed by atoms with Crippen LogP contribution in [0.5, 0.6) is 0 Å². The summed E-state index contributed by atoms with van der Waals surface area (Å²) in [5.41, 5.74) is 2.27. The van der Waals surface area contributed by atoms with Gasteiger partial charge in [0.05, 0.1) is 15.9 Å². The van der Waals surface area contributed by atoms with E-state index in [9.17, 15) is 0 Å². The number of nitrogens with one attached hydrogen (secondary N) is 1. The molecular weight excluding hydrogens is 254 g/mol. The van der Waals surface area contributed by atoms with E-state index in [0.29, 0.717) is 6.04 Å². The van der Waals surface area contributed by atoms with E-state index in [1.54, 1.807) is 0 Å². The first kappa shape index (κ1) is 12.5. The second-order valence-electron chi connectivity index (χ2n) is 3.68. The third kappa shape index (κ3) is 2.92. The fraction of sp³-hybridized carbons (Fsp3) is 0.545. The third-order valence-corrected chi connectivity index (χ3v) is 3.59. The number of likely N-dealkylation sites (N-methyl/N-ethyl adjacent to an activating group) is 1. The Kier molecular flexibility index (Phi) is 4.54. The van der Waals surface area contributed by atoms with Crippen LogP contribution in [-0.4, -0.2) is 22.9 Å². The molecule has 1 N–H and O–H groups in total. The average Bonchev–Trinajstić information content (AvgIpc) is 2.44. The largest absolute Gasteiger partial charge is 0.316 e. The van der Waals surface area contributed by atoms with E-state index in [-0.39, 0.29) is 0 Å². The van der Waals surface area contributed by atoms with E-state index in [2.05, 4.69) is 32.9 Å². The zero-order chi connectivity index (χ0) is 11.4. The van der Waals surface area contributed by atoms with Gasteiger partial charge >= 0.3 is 0 Å². The molecular formula is C11H18BrN3. The second-order valence-corrected chi connectivity index (χ2v) is 4.48. The van der Waals surface area contributed by atoms with E-state index in [1.807, 2.05) is 31.8 Å². The number of rotatable bonds is 5. The highest BCUT2D eigenvalue weighted by atomic mass is 79.9. The molecule has 0 aromatic carbocycles. The Morgan fingerprint density at radius 3 is 2.73 bits per heavy atom. The van der Waals surface area contributed by atoms with Crippen LogP contribution in [0.3, 0.4) is 0 Å². The highest BCUT2D eigenvalue weighted by molar-refractivity contribution is 9.10. The van der Waals surface area contributed by atoms with Crippen molar-refractivity contribution in [2.24, 2.45) is 7.05 Å². The van der Waals surface area contributed by atoms with Crippen molar-refractivity contribution in [2.75, 3.05) is 7.05 Å². The van der Waals surface area contributed by atoms with Crippen molar-refractivity contribution >= 4 is 15.9 Å². The SMILES string of the molecule is C=CCC(Cc1c(Br)c(C)nn1C)NC. The number of aryl methyl sites for hydroxylation is 2. The molecule has 0 aliphatic rings. The fourth-order valence-electron chi connectivity index (χ4n) is 1.64. The van der Waals surface area contributed by atoms with Crippen LogP contribution in [0.4, 0.5) is 0 Å². The zero-order valence-corrected chi connectivity index (χ0v) is 11.1. The fourth-order valence-corrected chi connectivity index (χ4v) is 2.14. The summed E-state index contributed by atoms with van der Waals surface area (Å²) in [6.45, 7) is 5.78. The van der Waals surface area contributed by atoms with Crippen molar-refractivity contribution in [2.45, 2.75) is 25.8 Å². The lowest BCUT2D eigenvalue weighted by Crippen LogP contribution is -2.27. The Labute approximate surface area is 99.7 Å². The molecule has 15 heavy (non-hydrogen) atoms. The van der Waals surface area contributed by atoms with E-state index in [4.69, 9.17) is 0 Å². The van der Waals surface area contributed by atoms with E-state index in [1.165, 1.54) is 5.69 Å². The van der Waals surface area contributed by atoms with Gasteiger partial charge in [-0.15, -0.1) is 6.58 Å². The first-order chi connectivity index (χ1) is 7.10. The van der Waals surface area contributed by atoms with Gasteiger partial charge in [-0.2, -0.15) is 5.10 Å². The van der Waals surface area contributed by atoms with Crippen LogP contribution in [0.1, 0.15) is 17.8 Å². The van der Waals surface area contributed by atoms with Crippen LogP contribution < -0.4 is 5.32 Å². The summed E-state index contributed by atoms with van der Waals surface area (Å²) >= 11 is 3.57. The summed E-state index contributed by atoms with van der Waals surface area (Å²) in [6, 6.07) is 0.425. The van der Waals surface area contributed by atoms with E-state index in [0.717, 1.165) is 23.0 Å². The van der Waals surface area contributed by atoms with Crippen LogP contribution in [0, 0.1) is 6.92 Å². The van der Waals surface area contributed by atoms with Crippen molar-refractivity contribution < 1.29 is 0 Å². The lowest BCUT2D eigenvalue weighted by molar-refractivity contribution is 0.540. The molecule has 0 aliphatic carbocycles. The monoisotopic (exact) mass is 271 g/mol. The maximum Gasteiger partial charge on any atom is 0.0738 e. The summed E-state index contributed by atoms with van der Waals surface area (Å²) in [7, 11) is 3.96. The predicted octanol–water partition coefficient (Wildman–Crippen LogP) is 2.20. The van der Waals surface area contributed by atoms with Gasteiger partial charge in [-0.25, -0.2) is 0 Å². The van der Waals surface area contributed by atoms with Crippen LogP contribution >= 0.6 is 15.9 Å². The quantitative estimate of drug-likeness (QED) is 0.833. The normalized spacial score (nSPS) is 12.8. The van der Waals surface area contributed by atoms with Gasteiger partial charge in [-0.05, 0) is 36.3 Å². The molecule has 1 aromatic rings. The van der Waals surface area contributed by atoms with Gasteiger partial charge in [-0.3, -0.25) is 4.68 Å². The predicted molar refractivity (Wildman–Crippen MR) is 67.0 cm³/mol. The van der Waals surface area contributed by atoms with Gasteiger partial charge in [0.1, 0.15) is 0 Å². The van der Waals surface area contributed by atoms with Crippen molar-refractivity contribution in [3.8, 4) is 0 Å². The highest BCUT2D eigenvalue weighted by Crippen LogP contribution is 2.21. The number of aromatic nitrogens is 2. The summed E-state index contributed by atoms with van der Waals surface area (Å²) in [5, 5.41) is 7.66. The molecule has 4 heteroatoms. The summed E-state index contributed by atoms with van der Waals surface area (Å²) in [6.07, 6.45) is 3.87. The highest BCUT2D eigenvalue weighted by Gasteiger charge is 2.14. The van der Waals surface area contributed by atoms with E-state index < -0.39 is 0 Å². The van der Waals surface area contributed by atoms with Gasteiger partial charge in [0.2, 0.25) is 0 Å². The first-order valence-corrected chi connectivity index (χ1v) is 5.85. The Bertz CT molecular complexity index is 344. The molecule has 0 aliphatic heterocycles. The molecule has 0 radical (unpaired) electrons. The molecule has 1 aromatic heterocycles. The van der Waals surface area contributed by atoms with Gasteiger partial charge in [0, 0.05) is 19.5 Å². The number of halogens is 1. The number of hydrogen-bond acceptors (Lipinski definition) is 2. The maximum absolute atomic E-state index is 4.37. The lowest BCUT2D eigenvalue weighted by Gasteiger charge is -2.14. The summed E-state index contributed by atoms with van der Waals surface area (Å²) in [4.78, 5) is 0. The van der Waals surface area contributed by atoms with Crippen molar-refractivity contribution in [1.29, 1.82) is 0 Å². The van der Waals surface area contributed by atoms with Crippen LogP contribution in [0.15, 0.2) is 17.1 Å². The smallest absolute Gasteiger partial charge is 0.0738 e. The Morgan fingerprint density at radius 1 is 1.67 bits per heavy atom. The van der Waals surface area contributed by atoms with Crippen LogP contribution in [-0.2, 0) is 13.5 Å². The molecule has 3 nitrogen and oxygen atoms in total. The minimum absolute atomic E-state index is 0.425. The molecule has 0 spiro atoms. The molecule has 0 saturated carbocycles. The van der Waals surface area contributed by atoms with Crippen LogP contribution in [0.2, 0.25) is 0 Å². The topological polar surface area (TPSA) is 29.9 Å². The van der Waals surface area contributed by atoms with Crippen molar-refractivity contribution in [3.05, 3.63) is 28.5 Å². The Morgan fingerprint density at radius 2 is 2.33 bits per heavy atom. The molecule has 1 unspecified atom stereocenters. The molecule has 0 saturated heterocycles. The number of nitrogens with zero attached hydrogens (tertiary/aromatic N) is 2. The Hall–Kier alpha value is -0.610. The maximum atomic E-state index is 4.37. The van der Waals surface area contributed by atoms with Gasteiger partial charge in [0.15, 0.2) is 0 Å². The molecule has 1 heterocycles. The van der Waals surface area contributed by atoms with Gasteiger partial charge in [0.25, 0.3) is 0 Å². The molecule has 0 bridgehead atoms. The lowest BCUT2D eigenvalue weighted by atomic mass is 10.1. The van der Waals surface area contributed by atoms with Crippen LogP contribution in [0.25, 0.3) is 0 Å². The van der Waals surface area contributed by atoms with Crippen molar-refractivity contribution in [1.82, 2.24) is 15.1 Å². The molecule has 84 valence electrons. The third-order valence-electron chi connectivity index (χ3n) is 2.56. The second kappa shape index (κ2) is 5.47. The summed E-state index contributed by atoms with van der Waals surface area (Å²) in [5.74, 6) is 0. The van der Waals surface area contributed by atoms with E-state index >= 15 is 0 Å². The summed E-state index contributed by atoms with van der Waals surface area (Å²) < 4.78 is 3.06. The minimum Gasteiger partial charge on any atom is -0.316 e. The number of hydrogen-bond donors (Lipinski definition) is 1. The first-order valence-electron chi connectivity index (χ1n) is 5.06. The average molecular weight is 272 g/mol. The minimum atomic E-state index is 0.425. The van der Waals surface area contributed by atoms with Gasteiger partial charge < -0.3 is 5.32 Å². The Balaban J connectivity index is 2.82. The molecule has 0 fully saturated rings. The molecule has 1 atom stereocenters. The van der Waals surface area contributed by atoms with Gasteiger partial charge in [-0.1, -0.05) is 6.08 Å².